The Morgan fingerprint density at radius 1 is 1.19 bits per heavy atom. The number of ketones is 1. The Bertz CT molecular complexity index is 755. The zero-order valence-electron chi connectivity index (χ0n) is 10.9. The zero-order valence-corrected chi connectivity index (χ0v) is 12.4. The first-order valence-corrected chi connectivity index (χ1v) is 7.18. The number of carbonyl (C=O) groups excluding carboxylic acids is 2. The van der Waals surface area contributed by atoms with Crippen molar-refractivity contribution in [2.45, 2.75) is 12.8 Å². The molecule has 2 aromatic carbocycles. The third kappa shape index (κ3) is 2.61. The molecule has 0 radical (unpaired) electrons. The highest BCUT2D eigenvalue weighted by molar-refractivity contribution is 9.10. The van der Waals surface area contributed by atoms with Crippen LogP contribution in [0.3, 0.4) is 0 Å². The van der Waals surface area contributed by atoms with Crippen LogP contribution in [-0.2, 0) is 6.42 Å². The molecule has 0 amide bonds. The Hall–Kier alpha value is -2.01. The third-order valence-corrected chi connectivity index (χ3v) is 3.88. The normalized spacial score (nSPS) is 13.1. The van der Waals surface area contributed by atoms with Gasteiger partial charge in [0, 0.05) is 22.0 Å². The van der Waals surface area contributed by atoms with Crippen LogP contribution in [-0.4, -0.2) is 11.8 Å². The Labute approximate surface area is 128 Å². The molecule has 0 N–H and O–H groups in total. The van der Waals surface area contributed by atoms with Crippen molar-refractivity contribution in [2.75, 3.05) is 0 Å². The van der Waals surface area contributed by atoms with Crippen LogP contribution in [0.2, 0.25) is 0 Å². The van der Waals surface area contributed by atoms with Gasteiger partial charge in [0.1, 0.15) is 11.6 Å². The molecule has 0 atom stereocenters. The molecule has 1 aliphatic rings. The van der Waals surface area contributed by atoms with Crippen LogP contribution < -0.4 is 4.74 Å². The zero-order chi connectivity index (χ0) is 15.0. The summed E-state index contributed by atoms with van der Waals surface area (Å²) in [6.45, 7) is 0. The van der Waals surface area contributed by atoms with Crippen molar-refractivity contribution < 1.29 is 18.7 Å². The van der Waals surface area contributed by atoms with Crippen LogP contribution in [0.5, 0.6) is 5.75 Å². The van der Waals surface area contributed by atoms with Gasteiger partial charge >= 0.3 is 5.97 Å². The molecule has 2 aromatic rings. The summed E-state index contributed by atoms with van der Waals surface area (Å²) in [5.74, 6) is -1.06. The van der Waals surface area contributed by atoms with Gasteiger partial charge in [-0.25, -0.2) is 9.18 Å². The van der Waals surface area contributed by atoms with E-state index in [9.17, 15) is 14.0 Å². The average molecular weight is 349 g/mol. The molecule has 0 spiro atoms. The highest BCUT2D eigenvalue weighted by Gasteiger charge is 2.24. The maximum atomic E-state index is 13.7. The summed E-state index contributed by atoms with van der Waals surface area (Å²) in [4.78, 5) is 23.8. The predicted octanol–water partition coefficient (Wildman–Crippen LogP) is 3.94. The van der Waals surface area contributed by atoms with Gasteiger partial charge in [-0.15, -0.1) is 0 Å². The lowest BCUT2D eigenvalue weighted by Gasteiger charge is -2.09. The van der Waals surface area contributed by atoms with Crippen molar-refractivity contribution in [3.63, 3.8) is 0 Å². The molecule has 5 heteroatoms. The molecular weight excluding hydrogens is 339 g/mol. The van der Waals surface area contributed by atoms with Crippen molar-refractivity contribution in [3.8, 4) is 5.75 Å². The lowest BCUT2D eigenvalue weighted by Crippen LogP contribution is -2.12. The van der Waals surface area contributed by atoms with Crippen LogP contribution >= 0.6 is 15.9 Å². The summed E-state index contributed by atoms with van der Waals surface area (Å²) >= 11 is 3.19. The Morgan fingerprint density at radius 2 is 2.00 bits per heavy atom. The SMILES string of the molecule is O=C(Oc1cccc2c1CCC2=O)c1cc(Br)ccc1F. The number of benzene rings is 2. The highest BCUT2D eigenvalue weighted by Crippen LogP contribution is 2.31. The summed E-state index contributed by atoms with van der Waals surface area (Å²) in [5, 5.41) is 0. The maximum Gasteiger partial charge on any atom is 0.346 e. The van der Waals surface area contributed by atoms with Crippen LogP contribution in [0.1, 0.15) is 32.7 Å². The first kappa shape index (κ1) is 13.9. The lowest BCUT2D eigenvalue weighted by atomic mass is 10.1. The van der Waals surface area contributed by atoms with Crippen molar-refractivity contribution in [1.82, 2.24) is 0 Å². The minimum atomic E-state index is -0.776. The van der Waals surface area contributed by atoms with Crippen LogP contribution in [0.25, 0.3) is 0 Å². The number of carbonyl (C=O) groups is 2. The van der Waals surface area contributed by atoms with E-state index in [1.807, 2.05) is 0 Å². The maximum absolute atomic E-state index is 13.7. The minimum Gasteiger partial charge on any atom is -0.423 e. The highest BCUT2D eigenvalue weighted by atomic mass is 79.9. The number of halogens is 2. The predicted molar refractivity (Wildman–Crippen MR) is 78.2 cm³/mol. The number of hydrogen-bond donors (Lipinski definition) is 0. The van der Waals surface area contributed by atoms with Gasteiger partial charge in [-0.2, -0.15) is 0 Å². The van der Waals surface area contributed by atoms with Crippen molar-refractivity contribution >= 4 is 27.7 Å². The Balaban J connectivity index is 1.93. The molecule has 0 aliphatic heterocycles. The fourth-order valence-electron chi connectivity index (χ4n) is 2.36. The molecule has 3 rings (SSSR count). The molecule has 0 fully saturated rings. The number of rotatable bonds is 2. The Kier molecular flexibility index (Phi) is 3.59. The van der Waals surface area contributed by atoms with Gasteiger partial charge in [0.25, 0.3) is 0 Å². The van der Waals surface area contributed by atoms with Gasteiger partial charge < -0.3 is 4.74 Å². The molecule has 21 heavy (non-hydrogen) atoms. The van der Waals surface area contributed by atoms with E-state index in [4.69, 9.17) is 4.74 Å². The van der Waals surface area contributed by atoms with E-state index < -0.39 is 11.8 Å². The summed E-state index contributed by atoms with van der Waals surface area (Å²) in [5.41, 5.74) is 1.15. The second-order valence-electron chi connectivity index (χ2n) is 4.72. The average Bonchev–Trinajstić information content (AvgIpc) is 2.84. The van der Waals surface area contributed by atoms with Crippen LogP contribution in [0.4, 0.5) is 4.39 Å². The Morgan fingerprint density at radius 3 is 2.81 bits per heavy atom. The van der Waals surface area contributed by atoms with E-state index in [0.29, 0.717) is 34.2 Å². The van der Waals surface area contributed by atoms with Gasteiger partial charge in [-0.1, -0.05) is 28.1 Å². The molecule has 1 aliphatic carbocycles. The summed E-state index contributed by atoms with van der Waals surface area (Å²) < 4.78 is 19.5. The third-order valence-electron chi connectivity index (χ3n) is 3.39. The smallest absolute Gasteiger partial charge is 0.346 e. The summed E-state index contributed by atoms with van der Waals surface area (Å²) in [6, 6.07) is 9.05. The molecule has 106 valence electrons. The van der Waals surface area contributed by atoms with Crippen molar-refractivity contribution in [3.05, 3.63) is 63.4 Å². The van der Waals surface area contributed by atoms with Gasteiger partial charge in [-0.3, -0.25) is 4.79 Å². The fraction of sp³-hybridized carbons (Fsp3) is 0.125. The lowest BCUT2D eigenvalue weighted by molar-refractivity contribution is 0.0728. The molecule has 0 saturated carbocycles. The monoisotopic (exact) mass is 348 g/mol. The van der Waals surface area contributed by atoms with Gasteiger partial charge in [-0.05, 0) is 30.7 Å². The van der Waals surface area contributed by atoms with E-state index in [-0.39, 0.29) is 11.3 Å². The second-order valence-corrected chi connectivity index (χ2v) is 5.63. The number of ether oxygens (including phenoxy) is 1. The standard InChI is InChI=1S/C16H10BrFO3/c17-9-4-6-13(18)12(8-9)16(20)21-15-3-1-2-10-11(15)5-7-14(10)19/h1-4,6,8H,5,7H2. The topological polar surface area (TPSA) is 43.4 Å². The van der Waals surface area contributed by atoms with Crippen LogP contribution in [0.15, 0.2) is 40.9 Å². The summed E-state index contributed by atoms with van der Waals surface area (Å²) in [7, 11) is 0. The molecule has 0 heterocycles. The van der Waals surface area contributed by atoms with Gasteiger partial charge in [0.15, 0.2) is 5.78 Å². The van der Waals surface area contributed by atoms with Gasteiger partial charge in [0.2, 0.25) is 0 Å². The molecule has 0 saturated heterocycles. The van der Waals surface area contributed by atoms with E-state index in [1.165, 1.54) is 18.2 Å². The minimum absolute atomic E-state index is 0.0385. The summed E-state index contributed by atoms with van der Waals surface area (Å²) in [6.07, 6.45) is 0.952. The molecular formula is C16H10BrFO3. The number of fused-ring (bicyclic) bond motifs is 1. The molecule has 0 bridgehead atoms. The quantitative estimate of drug-likeness (QED) is 0.609. The number of hydrogen-bond acceptors (Lipinski definition) is 3. The number of esters is 1. The van der Waals surface area contributed by atoms with Crippen molar-refractivity contribution in [1.29, 1.82) is 0 Å². The first-order valence-electron chi connectivity index (χ1n) is 6.38. The molecule has 0 unspecified atom stereocenters. The van der Waals surface area contributed by atoms with Crippen LogP contribution in [0, 0.1) is 5.82 Å². The fourth-order valence-corrected chi connectivity index (χ4v) is 2.72. The second kappa shape index (κ2) is 5.41. The van der Waals surface area contributed by atoms with E-state index in [2.05, 4.69) is 15.9 Å². The van der Waals surface area contributed by atoms with E-state index in [1.54, 1.807) is 18.2 Å². The molecule has 0 aromatic heterocycles. The largest absolute Gasteiger partial charge is 0.423 e. The van der Waals surface area contributed by atoms with Gasteiger partial charge in [0.05, 0.1) is 5.56 Å². The van der Waals surface area contributed by atoms with E-state index in [0.717, 1.165) is 0 Å². The first-order chi connectivity index (χ1) is 10.1. The van der Waals surface area contributed by atoms with E-state index >= 15 is 0 Å². The molecule has 3 nitrogen and oxygen atoms in total. The number of Topliss-reactive ketones (excluding diaryl/α,β-unsaturated/α-hetero) is 1. The van der Waals surface area contributed by atoms with Crippen molar-refractivity contribution in [2.24, 2.45) is 0 Å².